The molecule has 1 aliphatic carbocycles. The summed E-state index contributed by atoms with van der Waals surface area (Å²) in [4.78, 5) is 16.7. The fourth-order valence-corrected chi connectivity index (χ4v) is 6.74. The highest BCUT2D eigenvalue weighted by Crippen LogP contribution is 2.31. The largest absolute Gasteiger partial charge is 0.382 e. The minimum absolute atomic E-state index is 0.0109. The molecule has 0 bridgehead atoms. The number of nitrogens with two attached hydrogens (primary N) is 1. The number of nitrogen functional groups attached to an aromatic ring is 1. The maximum Gasteiger partial charge on any atom is 0.214 e. The lowest BCUT2D eigenvalue weighted by molar-refractivity contribution is 0.103. The zero-order valence-corrected chi connectivity index (χ0v) is 19.5. The van der Waals surface area contributed by atoms with E-state index in [1.807, 2.05) is 0 Å². The second-order valence-corrected chi connectivity index (χ2v) is 11.2. The average Bonchev–Trinajstić information content (AvgIpc) is 3.38. The summed E-state index contributed by atoms with van der Waals surface area (Å²) in [5.41, 5.74) is 5.19. The fraction of sp³-hybridized carbons (Fsp3) is 0.524. The molecular formula is C21H26F2N4O4S2. The van der Waals surface area contributed by atoms with E-state index in [0.717, 1.165) is 36.3 Å². The van der Waals surface area contributed by atoms with Crippen molar-refractivity contribution in [3.05, 3.63) is 40.3 Å². The standard InChI is InChI=1S/C21H26F2N4O4S2/c22-15-4-1-5-16(23)17(15)18(28)19-20(24)26-21(32-19)25-12-6-8-13(9-7-12)27-33(29,30)11-14-3-2-10-31-14/h1,4-5,12-14,27H,2-3,6-11,24H2,(H,25,26)/t12-,13-,14?. The Morgan fingerprint density at radius 3 is 2.45 bits per heavy atom. The molecule has 1 atom stereocenters. The van der Waals surface area contributed by atoms with Gasteiger partial charge in [0, 0.05) is 18.7 Å². The molecule has 4 rings (SSSR count). The van der Waals surface area contributed by atoms with Crippen LogP contribution in [0.25, 0.3) is 0 Å². The summed E-state index contributed by atoms with van der Waals surface area (Å²) < 4.78 is 60.9. The van der Waals surface area contributed by atoms with Crippen LogP contribution >= 0.6 is 11.3 Å². The highest BCUT2D eigenvalue weighted by molar-refractivity contribution is 7.89. The number of hydrogen-bond donors (Lipinski definition) is 3. The quantitative estimate of drug-likeness (QED) is 0.476. The summed E-state index contributed by atoms with van der Waals surface area (Å²) >= 11 is 0.947. The number of thiazole rings is 1. The van der Waals surface area contributed by atoms with Crippen molar-refractivity contribution in [2.24, 2.45) is 0 Å². The molecule has 1 unspecified atom stereocenters. The molecule has 8 nitrogen and oxygen atoms in total. The van der Waals surface area contributed by atoms with Crippen molar-refractivity contribution in [2.45, 2.75) is 56.7 Å². The van der Waals surface area contributed by atoms with Gasteiger partial charge >= 0.3 is 0 Å². The maximum atomic E-state index is 14.0. The van der Waals surface area contributed by atoms with Gasteiger partial charge in [0.15, 0.2) is 5.13 Å². The maximum absolute atomic E-state index is 14.0. The van der Waals surface area contributed by atoms with Crippen LogP contribution in [0.2, 0.25) is 0 Å². The normalized spacial score (nSPS) is 23.5. The second-order valence-electron chi connectivity index (χ2n) is 8.39. The average molecular weight is 501 g/mol. The minimum atomic E-state index is -3.41. The Labute approximate surface area is 195 Å². The Balaban J connectivity index is 1.32. The van der Waals surface area contributed by atoms with Crippen LogP contribution in [-0.2, 0) is 14.8 Å². The molecule has 0 spiro atoms. The van der Waals surface area contributed by atoms with Gasteiger partial charge in [-0.3, -0.25) is 4.79 Å². The Morgan fingerprint density at radius 2 is 1.82 bits per heavy atom. The van der Waals surface area contributed by atoms with Gasteiger partial charge in [-0.25, -0.2) is 26.9 Å². The number of rotatable bonds is 8. The topological polar surface area (TPSA) is 123 Å². The van der Waals surface area contributed by atoms with Gasteiger partial charge in [-0.2, -0.15) is 0 Å². The van der Waals surface area contributed by atoms with Crippen molar-refractivity contribution >= 4 is 38.1 Å². The van der Waals surface area contributed by atoms with E-state index in [-0.39, 0.29) is 34.6 Å². The number of ether oxygens (including phenoxy) is 1. The predicted molar refractivity (Wildman–Crippen MR) is 122 cm³/mol. The number of anilines is 2. The molecule has 0 radical (unpaired) electrons. The molecule has 1 aliphatic heterocycles. The van der Waals surface area contributed by atoms with Crippen LogP contribution in [0.1, 0.15) is 53.8 Å². The van der Waals surface area contributed by atoms with E-state index in [9.17, 15) is 22.0 Å². The van der Waals surface area contributed by atoms with E-state index in [0.29, 0.717) is 37.4 Å². The number of nitrogens with one attached hydrogen (secondary N) is 2. The summed E-state index contributed by atoms with van der Waals surface area (Å²) in [5.74, 6) is -2.86. The van der Waals surface area contributed by atoms with E-state index in [2.05, 4.69) is 15.0 Å². The van der Waals surface area contributed by atoms with Crippen LogP contribution in [0.4, 0.5) is 19.7 Å². The monoisotopic (exact) mass is 500 g/mol. The van der Waals surface area contributed by atoms with Crippen LogP contribution in [0.15, 0.2) is 18.2 Å². The van der Waals surface area contributed by atoms with E-state index >= 15 is 0 Å². The lowest BCUT2D eigenvalue weighted by atomic mass is 9.92. The molecule has 12 heteroatoms. The number of halogens is 2. The SMILES string of the molecule is Nc1nc(N[C@H]2CC[C@H](NS(=O)(=O)CC3CCCO3)CC2)sc1C(=O)c1c(F)cccc1F. The third-order valence-electron chi connectivity index (χ3n) is 5.88. The second kappa shape index (κ2) is 10.00. The number of hydrogen-bond acceptors (Lipinski definition) is 8. The van der Waals surface area contributed by atoms with Crippen LogP contribution < -0.4 is 15.8 Å². The van der Waals surface area contributed by atoms with Crippen molar-refractivity contribution < 1.29 is 26.7 Å². The van der Waals surface area contributed by atoms with E-state index < -0.39 is 33.0 Å². The van der Waals surface area contributed by atoms with Crippen molar-refractivity contribution in [1.82, 2.24) is 9.71 Å². The molecule has 1 aromatic carbocycles. The summed E-state index contributed by atoms with van der Waals surface area (Å²) in [5, 5.41) is 3.59. The van der Waals surface area contributed by atoms with Gasteiger partial charge in [-0.05, 0) is 50.7 Å². The molecule has 1 aromatic heterocycles. The van der Waals surface area contributed by atoms with Crippen LogP contribution in [0.3, 0.4) is 0 Å². The van der Waals surface area contributed by atoms with Crippen LogP contribution in [-0.4, -0.2) is 49.7 Å². The summed E-state index contributed by atoms with van der Waals surface area (Å²) in [7, 11) is -3.41. The zero-order chi connectivity index (χ0) is 23.6. The highest BCUT2D eigenvalue weighted by atomic mass is 32.2. The summed E-state index contributed by atoms with van der Waals surface area (Å²) in [6.07, 6.45) is 4.11. The third kappa shape index (κ3) is 5.86. The Bertz CT molecular complexity index is 1090. The van der Waals surface area contributed by atoms with Gasteiger partial charge in [0.1, 0.15) is 22.3 Å². The molecule has 180 valence electrons. The van der Waals surface area contributed by atoms with Gasteiger partial charge in [0.05, 0.1) is 17.4 Å². The number of aromatic nitrogens is 1. The first kappa shape index (κ1) is 24.0. The Hall–Kier alpha value is -2.15. The first-order valence-electron chi connectivity index (χ1n) is 10.8. The first-order chi connectivity index (χ1) is 15.7. The Kier molecular flexibility index (Phi) is 7.27. The van der Waals surface area contributed by atoms with Gasteiger partial charge in [0.2, 0.25) is 15.8 Å². The number of nitrogens with zero attached hydrogens (tertiary/aromatic N) is 1. The molecule has 0 amide bonds. The Morgan fingerprint density at radius 1 is 1.15 bits per heavy atom. The zero-order valence-electron chi connectivity index (χ0n) is 17.9. The molecule has 2 aliphatic rings. The number of carbonyl (C=O) groups excluding carboxylic acids is 1. The van der Waals surface area contributed by atoms with Crippen LogP contribution in [0.5, 0.6) is 0 Å². The van der Waals surface area contributed by atoms with Crippen molar-refractivity contribution in [3.63, 3.8) is 0 Å². The smallest absolute Gasteiger partial charge is 0.214 e. The minimum Gasteiger partial charge on any atom is -0.382 e. The van der Waals surface area contributed by atoms with E-state index in [1.54, 1.807) is 0 Å². The fourth-order valence-electron chi connectivity index (χ4n) is 4.24. The number of sulfonamides is 1. The van der Waals surface area contributed by atoms with Crippen molar-refractivity contribution in [1.29, 1.82) is 0 Å². The van der Waals surface area contributed by atoms with Crippen molar-refractivity contribution in [3.8, 4) is 0 Å². The summed E-state index contributed by atoms with van der Waals surface area (Å²) in [6.45, 7) is 0.612. The van der Waals surface area contributed by atoms with E-state index in [1.165, 1.54) is 6.07 Å². The van der Waals surface area contributed by atoms with Gasteiger partial charge < -0.3 is 15.8 Å². The molecule has 1 saturated carbocycles. The predicted octanol–water partition coefficient (Wildman–Crippen LogP) is 3.06. The van der Waals surface area contributed by atoms with E-state index in [4.69, 9.17) is 10.5 Å². The lowest BCUT2D eigenvalue weighted by Crippen LogP contribution is -2.42. The van der Waals surface area contributed by atoms with Gasteiger partial charge in [0.25, 0.3) is 0 Å². The van der Waals surface area contributed by atoms with Crippen LogP contribution in [0, 0.1) is 11.6 Å². The highest BCUT2D eigenvalue weighted by Gasteiger charge is 2.29. The molecule has 1 saturated heterocycles. The molecule has 33 heavy (non-hydrogen) atoms. The van der Waals surface area contributed by atoms with Crippen molar-refractivity contribution in [2.75, 3.05) is 23.4 Å². The molecule has 2 aromatic rings. The molecular weight excluding hydrogens is 474 g/mol. The lowest BCUT2D eigenvalue weighted by Gasteiger charge is -2.29. The van der Waals surface area contributed by atoms with Gasteiger partial charge in [-0.15, -0.1) is 0 Å². The molecule has 4 N–H and O–H groups in total. The van der Waals surface area contributed by atoms with Gasteiger partial charge in [-0.1, -0.05) is 17.4 Å². The summed E-state index contributed by atoms with van der Waals surface area (Å²) in [6, 6.07) is 3.09. The molecule has 2 heterocycles. The number of carbonyl (C=O) groups is 1. The first-order valence-corrected chi connectivity index (χ1v) is 13.3. The third-order valence-corrected chi connectivity index (χ3v) is 8.38. The number of benzene rings is 1. The molecule has 2 fully saturated rings. The number of ketones is 1.